The molecule has 1 aromatic carbocycles. The summed E-state index contributed by atoms with van der Waals surface area (Å²) >= 11 is 0. The molecule has 4 N–H and O–H groups in total. The molecule has 2 unspecified atom stereocenters. The van der Waals surface area contributed by atoms with Crippen LogP contribution in [-0.2, 0) is 0 Å². The number of aliphatic hydroxyl groups is 1. The maximum absolute atomic E-state index is 11.2. The molecule has 1 aromatic heterocycles. The van der Waals surface area contributed by atoms with Crippen molar-refractivity contribution in [2.45, 2.75) is 31.4 Å². The summed E-state index contributed by atoms with van der Waals surface area (Å²) in [5.74, 6) is 0. The molecule has 1 saturated heterocycles. The second-order valence-electron chi connectivity index (χ2n) is 4.89. The van der Waals surface area contributed by atoms with Gasteiger partial charge in [-0.1, -0.05) is 12.5 Å². The van der Waals surface area contributed by atoms with Crippen molar-refractivity contribution >= 4 is 11.0 Å². The average molecular weight is 247 g/mol. The second-order valence-corrected chi connectivity index (χ2v) is 4.89. The van der Waals surface area contributed by atoms with Gasteiger partial charge < -0.3 is 20.4 Å². The Morgan fingerprint density at radius 1 is 1.22 bits per heavy atom. The van der Waals surface area contributed by atoms with E-state index in [-0.39, 0.29) is 11.7 Å². The van der Waals surface area contributed by atoms with Crippen LogP contribution in [0.25, 0.3) is 11.0 Å². The summed E-state index contributed by atoms with van der Waals surface area (Å²) in [5, 5.41) is 13.7. The van der Waals surface area contributed by atoms with Gasteiger partial charge in [-0.2, -0.15) is 0 Å². The highest BCUT2D eigenvalue weighted by Gasteiger charge is 2.22. The predicted octanol–water partition coefficient (Wildman–Crippen LogP) is 1.03. The molecule has 2 aromatic rings. The van der Waals surface area contributed by atoms with Gasteiger partial charge in [-0.3, -0.25) is 0 Å². The molecule has 0 bridgehead atoms. The third-order valence-corrected chi connectivity index (χ3v) is 3.61. The first kappa shape index (κ1) is 11.5. The number of H-pyrrole nitrogens is 2. The average Bonchev–Trinajstić information content (AvgIpc) is 2.78. The molecule has 5 nitrogen and oxygen atoms in total. The van der Waals surface area contributed by atoms with E-state index >= 15 is 0 Å². The Bertz CT molecular complexity index is 596. The molecule has 0 saturated carbocycles. The van der Waals surface area contributed by atoms with Crippen LogP contribution >= 0.6 is 0 Å². The minimum Gasteiger partial charge on any atom is -0.387 e. The van der Waals surface area contributed by atoms with Crippen LogP contribution in [-0.4, -0.2) is 27.7 Å². The topological polar surface area (TPSA) is 80.9 Å². The van der Waals surface area contributed by atoms with Gasteiger partial charge >= 0.3 is 5.69 Å². The van der Waals surface area contributed by atoms with Crippen LogP contribution < -0.4 is 11.0 Å². The van der Waals surface area contributed by atoms with Crippen molar-refractivity contribution < 1.29 is 5.11 Å². The molecule has 0 amide bonds. The lowest BCUT2D eigenvalue weighted by Gasteiger charge is -2.28. The zero-order valence-electron chi connectivity index (χ0n) is 10.1. The van der Waals surface area contributed by atoms with Crippen LogP contribution in [0.2, 0.25) is 0 Å². The van der Waals surface area contributed by atoms with Gasteiger partial charge in [0.1, 0.15) is 0 Å². The van der Waals surface area contributed by atoms with Crippen molar-refractivity contribution in [3.05, 3.63) is 34.2 Å². The van der Waals surface area contributed by atoms with Crippen LogP contribution in [0, 0.1) is 0 Å². The molecule has 1 aliphatic heterocycles. The summed E-state index contributed by atoms with van der Waals surface area (Å²) in [5.41, 5.74) is 2.14. The Balaban J connectivity index is 1.90. The molecule has 2 atom stereocenters. The quantitative estimate of drug-likeness (QED) is 0.640. The Kier molecular flexibility index (Phi) is 2.93. The summed E-state index contributed by atoms with van der Waals surface area (Å²) in [6, 6.07) is 5.65. The number of hydrogen-bond acceptors (Lipinski definition) is 3. The maximum atomic E-state index is 11.2. The zero-order valence-corrected chi connectivity index (χ0v) is 10.1. The SMILES string of the molecule is O=c1[nH]c2ccc(C(O)C3CCCCN3)cc2[nH]1. The molecule has 0 radical (unpaired) electrons. The lowest BCUT2D eigenvalue weighted by atomic mass is 9.95. The van der Waals surface area contributed by atoms with Gasteiger partial charge in [-0.15, -0.1) is 0 Å². The summed E-state index contributed by atoms with van der Waals surface area (Å²) < 4.78 is 0. The molecule has 5 heteroatoms. The fourth-order valence-corrected chi connectivity index (χ4v) is 2.61. The van der Waals surface area contributed by atoms with Gasteiger partial charge in [0.25, 0.3) is 0 Å². The van der Waals surface area contributed by atoms with Gasteiger partial charge in [-0.25, -0.2) is 4.79 Å². The number of nitrogens with one attached hydrogen (secondary N) is 3. The van der Waals surface area contributed by atoms with Crippen LogP contribution in [0.4, 0.5) is 0 Å². The summed E-state index contributed by atoms with van der Waals surface area (Å²) in [6.07, 6.45) is 2.79. The van der Waals surface area contributed by atoms with E-state index < -0.39 is 6.10 Å². The fraction of sp³-hybridized carbons (Fsp3) is 0.462. The largest absolute Gasteiger partial charge is 0.387 e. The summed E-state index contributed by atoms with van der Waals surface area (Å²) in [4.78, 5) is 16.6. The number of hydrogen-bond donors (Lipinski definition) is 4. The van der Waals surface area contributed by atoms with Crippen molar-refractivity contribution in [3.63, 3.8) is 0 Å². The smallest absolute Gasteiger partial charge is 0.323 e. The first-order chi connectivity index (χ1) is 8.74. The van der Waals surface area contributed by atoms with Crippen molar-refractivity contribution in [1.29, 1.82) is 0 Å². The monoisotopic (exact) mass is 247 g/mol. The first-order valence-corrected chi connectivity index (χ1v) is 6.37. The molecule has 3 rings (SSSR count). The summed E-state index contributed by atoms with van der Waals surface area (Å²) in [6.45, 7) is 0.963. The normalized spacial score (nSPS) is 22.2. The van der Waals surface area contributed by atoms with E-state index in [4.69, 9.17) is 0 Å². The third kappa shape index (κ3) is 2.07. The molecule has 0 spiro atoms. The molecular formula is C13H17N3O2. The van der Waals surface area contributed by atoms with Gasteiger partial charge in [0, 0.05) is 6.04 Å². The maximum Gasteiger partial charge on any atom is 0.323 e. The number of fused-ring (bicyclic) bond motifs is 1. The number of rotatable bonds is 2. The molecule has 0 aliphatic carbocycles. The van der Waals surface area contributed by atoms with Crippen molar-refractivity contribution in [2.24, 2.45) is 0 Å². The number of aromatic nitrogens is 2. The first-order valence-electron chi connectivity index (χ1n) is 6.37. The van der Waals surface area contributed by atoms with E-state index in [9.17, 15) is 9.90 Å². The number of aliphatic hydroxyl groups excluding tert-OH is 1. The molecule has 18 heavy (non-hydrogen) atoms. The van der Waals surface area contributed by atoms with Gasteiger partial charge in [0.15, 0.2) is 0 Å². The molecule has 1 fully saturated rings. The van der Waals surface area contributed by atoms with Crippen LogP contribution in [0.15, 0.2) is 23.0 Å². The van der Waals surface area contributed by atoms with E-state index in [1.807, 2.05) is 18.2 Å². The van der Waals surface area contributed by atoms with E-state index in [2.05, 4.69) is 15.3 Å². The van der Waals surface area contributed by atoms with Crippen molar-refractivity contribution in [3.8, 4) is 0 Å². The fourth-order valence-electron chi connectivity index (χ4n) is 2.61. The Hall–Kier alpha value is -1.59. The van der Waals surface area contributed by atoms with Crippen LogP contribution in [0.5, 0.6) is 0 Å². The standard InChI is InChI=1S/C13H17N3O2/c17-12(10-3-1-2-6-14-10)8-4-5-9-11(7-8)16-13(18)15-9/h4-5,7,10,12,14,17H,1-3,6H2,(H2,15,16,18). The number of benzene rings is 1. The van der Waals surface area contributed by atoms with E-state index in [1.165, 1.54) is 6.42 Å². The third-order valence-electron chi connectivity index (χ3n) is 3.61. The highest BCUT2D eigenvalue weighted by molar-refractivity contribution is 5.75. The number of aromatic amines is 2. The van der Waals surface area contributed by atoms with Gasteiger partial charge in [-0.05, 0) is 37.1 Å². The van der Waals surface area contributed by atoms with Crippen molar-refractivity contribution in [1.82, 2.24) is 15.3 Å². The highest BCUT2D eigenvalue weighted by Crippen LogP contribution is 2.24. The lowest BCUT2D eigenvalue weighted by molar-refractivity contribution is 0.114. The summed E-state index contributed by atoms with van der Waals surface area (Å²) in [7, 11) is 0. The van der Waals surface area contributed by atoms with Crippen LogP contribution in [0.1, 0.15) is 30.9 Å². The molecular weight excluding hydrogens is 230 g/mol. The molecule has 96 valence electrons. The Labute approximate surface area is 104 Å². The highest BCUT2D eigenvalue weighted by atomic mass is 16.3. The van der Waals surface area contributed by atoms with Gasteiger partial charge in [0.05, 0.1) is 17.1 Å². The van der Waals surface area contributed by atoms with Gasteiger partial charge in [0.2, 0.25) is 0 Å². The van der Waals surface area contributed by atoms with E-state index in [0.29, 0.717) is 0 Å². The lowest BCUT2D eigenvalue weighted by Crippen LogP contribution is -2.38. The minimum absolute atomic E-state index is 0.113. The number of piperidine rings is 1. The zero-order chi connectivity index (χ0) is 12.5. The minimum atomic E-state index is -0.520. The molecule has 2 heterocycles. The van der Waals surface area contributed by atoms with Crippen LogP contribution in [0.3, 0.4) is 0 Å². The molecule has 1 aliphatic rings. The van der Waals surface area contributed by atoms with Crippen molar-refractivity contribution in [2.75, 3.05) is 6.54 Å². The van der Waals surface area contributed by atoms with E-state index in [0.717, 1.165) is 36.0 Å². The number of imidazole rings is 1. The Morgan fingerprint density at radius 2 is 2.06 bits per heavy atom. The Morgan fingerprint density at radius 3 is 2.83 bits per heavy atom. The predicted molar refractivity (Wildman–Crippen MR) is 69.5 cm³/mol. The van der Waals surface area contributed by atoms with E-state index in [1.54, 1.807) is 0 Å². The second kappa shape index (κ2) is 4.59.